The Labute approximate surface area is 121 Å². The molecule has 102 valence electrons. The number of rotatable bonds is 1. The quantitative estimate of drug-likeness (QED) is 0.525. The zero-order valence-corrected chi connectivity index (χ0v) is 11.5. The van der Waals surface area contributed by atoms with Gasteiger partial charge in [-0.1, -0.05) is 30.3 Å². The fourth-order valence-electron chi connectivity index (χ4n) is 2.74. The molecule has 0 spiro atoms. The van der Waals surface area contributed by atoms with Gasteiger partial charge < -0.3 is 4.42 Å². The third kappa shape index (κ3) is 1.71. The first-order valence-corrected chi connectivity index (χ1v) is 6.85. The first-order chi connectivity index (χ1) is 10.3. The van der Waals surface area contributed by atoms with Crippen LogP contribution in [0.5, 0.6) is 0 Å². The maximum Gasteiger partial charge on any atom is 0.258 e. The summed E-state index contributed by atoms with van der Waals surface area (Å²) in [5, 5.41) is 0.952. The van der Waals surface area contributed by atoms with Crippen LogP contribution in [0, 0.1) is 6.92 Å². The van der Waals surface area contributed by atoms with E-state index in [1.54, 1.807) is 4.57 Å². The zero-order valence-electron chi connectivity index (χ0n) is 11.5. The molecule has 0 fully saturated rings. The Bertz CT molecular complexity index is 1010. The Hall–Kier alpha value is -2.81. The fraction of sp³-hybridized carbons (Fsp3) is 0.0556. The summed E-state index contributed by atoms with van der Waals surface area (Å²) in [4.78, 5) is 12.6. The van der Waals surface area contributed by atoms with Gasteiger partial charge in [-0.2, -0.15) is 0 Å². The van der Waals surface area contributed by atoms with Crippen molar-refractivity contribution in [2.45, 2.75) is 6.92 Å². The van der Waals surface area contributed by atoms with E-state index in [9.17, 15) is 4.79 Å². The van der Waals surface area contributed by atoms with Crippen LogP contribution in [0.3, 0.4) is 0 Å². The number of benzene rings is 2. The van der Waals surface area contributed by atoms with Gasteiger partial charge in [0.25, 0.3) is 5.56 Å². The second-order valence-electron chi connectivity index (χ2n) is 5.11. The number of furan rings is 1. The van der Waals surface area contributed by atoms with E-state index < -0.39 is 0 Å². The molecule has 0 aliphatic rings. The molecule has 0 saturated heterocycles. The first kappa shape index (κ1) is 12.0. The highest BCUT2D eigenvalue weighted by Gasteiger charge is 2.15. The van der Waals surface area contributed by atoms with Crippen LogP contribution in [0.2, 0.25) is 0 Å². The molecule has 0 aliphatic carbocycles. The van der Waals surface area contributed by atoms with Crippen LogP contribution in [-0.2, 0) is 0 Å². The van der Waals surface area contributed by atoms with Crippen molar-refractivity contribution in [3.63, 3.8) is 0 Å². The lowest BCUT2D eigenvalue weighted by Gasteiger charge is -2.08. The Balaban J connectivity index is 2.27. The molecule has 3 heteroatoms. The molecular weight excluding hydrogens is 262 g/mol. The van der Waals surface area contributed by atoms with Crippen molar-refractivity contribution in [2.75, 3.05) is 0 Å². The average Bonchev–Trinajstić information content (AvgIpc) is 2.87. The normalized spacial score (nSPS) is 11.3. The van der Waals surface area contributed by atoms with E-state index in [2.05, 4.69) is 0 Å². The Morgan fingerprint density at radius 1 is 0.905 bits per heavy atom. The van der Waals surface area contributed by atoms with E-state index >= 15 is 0 Å². The van der Waals surface area contributed by atoms with Gasteiger partial charge in [0.2, 0.25) is 0 Å². The fourth-order valence-corrected chi connectivity index (χ4v) is 2.74. The molecule has 0 unspecified atom stereocenters. The summed E-state index contributed by atoms with van der Waals surface area (Å²) in [6, 6.07) is 19.3. The Kier molecular flexibility index (Phi) is 2.48. The molecule has 2 heterocycles. The van der Waals surface area contributed by atoms with Crippen molar-refractivity contribution < 1.29 is 4.42 Å². The molecule has 21 heavy (non-hydrogen) atoms. The lowest BCUT2D eigenvalue weighted by molar-refractivity contribution is 0.666. The molecule has 2 aromatic heterocycles. The van der Waals surface area contributed by atoms with Crippen molar-refractivity contribution in [3.05, 3.63) is 76.6 Å². The Morgan fingerprint density at radius 3 is 2.43 bits per heavy atom. The molecular formula is C18H13NO2. The molecule has 0 amide bonds. The maximum absolute atomic E-state index is 12.6. The smallest absolute Gasteiger partial charge is 0.258 e. The predicted molar refractivity (Wildman–Crippen MR) is 84.1 cm³/mol. The molecule has 3 nitrogen and oxygen atoms in total. The number of pyridine rings is 1. The first-order valence-electron chi connectivity index (χ1n) is 6.85. The van der Waals surface area contributed by atoms with Gasteiger partial charge in [-0.05, 0) is 37.3 Å². The molecule has 4 aromatic rings. The predicted octanol–water partition coefficient (Wildman–Crippen LogP) is 4.05. The van der Waals surface area contributed by atoms with Crippen molar-refractivity contribution in [1.29, 1.82) is 0 Å². The summed E-state index contributed by atoms with van der Waals surface area (Å²) < 4.78 is 7.62. The van der Waals surface area contributed by atoms with Crippen molar-refractivity contribution in [1.82, 2.24) is 4.57 Å². The number of aryl methyl sites for hydroxylation is 1. The molecule has 0 aliphatic heterocycles. The molecule has 4 rings (SSSR count). The van der Waals surface area contributed by atoms with E-state index in [1.165, 1.54) is 0 Å². The summed E-state index contributed by atoms with van der Waals surface area (Å²) in [6.07, 6.45) is 0. The molecule has 0 N–H and O–H groups in total. The summed E-state index contributed by atoms with van der Waals surface area (Å²) in [5.41, 5.74) is 3.86. The van der Waals surface area contributed by atoms with Gasteiger partial charge in [-0.25, -0.2) is 0 Å². The number of aromatic nitrogens is 1. The van der Waals surface area contributed by atoms with Crippen LogP contribution in [-0.4, -0.2) is 4.57 Å². The van der Waals surface area contributed by atoms with Crippen LogP contribution in [0.1, 0.15) is 5.56 Å². The second kappa shape index (κ2) is 4.35. The maximum atomic E-state index is 12.6. The molecule has 0 saturated carbocycles. The second-order valence-corrected chi connectivity index (χ2v) is 5.11. The van der Waals surface area contributed by atoms with Crippen molar-refractivity contribution in [3.8, 4) is 5.69 Å². The highest BCUT2D eigenvalue weighted by Crippen LogP contribution is 2.29. The average molecular weight is 275 g/mol. The molecule has 0 bridgehead atoms. The monoisotopic (exact) mass is 275 g/mol. The van der Waals surface area contributed by atoms with Gasteiger partial charge in [-0.3, -0.25) is 9.36 Å². The zero-order chi connectivity index (χ0) is 14.4. The van der Waals surface area contributed by atoms with Crippen LogP contribution in [0.15, 0.2) is 69.9 Å². The van der Waals surface area contributed by atoms with Crippen molar-refractivity contribution >= 4 is 22.1 Å². The van der Waals surface area contributed by atoms with Gasteiger partial charge in [-0.15, -0.1) is 0 Å². The topological polar surface area (TPSA) is 35.1 Å². The van der Waals surface area contributed by atoms with Gasteiger partial charge in [0, 0.05) is 16.6 Å². The number of nitrogens with zero attached hydrogens (tertiary/aromatic N) is 1. The van der Waals surface area contributed by atoms with Crippen molar-refractivity contribution in [2.24, 2.45) is 0 Å². The number of hydrogen-bond donors (Lipinski definition) is 0. The van der Waals surface area contributed by atoms with E-state index in [0.29, 0.717) is 5.56 Å². The summed E-state index contributed by atoms with van der Waals surface area (Å²) in [6.45, 7) is 1.81. The molecule has 0 atom stereocenters. The van der Waals surface area contributed by atoms with Gasteiger partial charge in [0.15, 0.2) is 5.58 Å². The standard InChI is InChI=1S/C18H13NO2/c1-12-11-16-17(14-9-5-6-10-15(14)21-16)19(18(12)20)13-7-3-2-4-8-13/h2-11H,1H3. The van der Waals surface area contributed by atoms with Gasteiger partial charge in [0.05, 0.1) is 0 Å². The summed E-state index contributed by atoms with van der Waals surface area (Å²) in [7, 11) is 0. The third-order valence-electron chi connectivity index (χ3n) is 3.72. The lowest BCUT2D eigenvalue weighted by Crippen LogP contribution is -2.20. The van der Waals surface area contributed by atoms with E-state index in [-0.39, 0.29) is 5.56 Å². The van der Waals surface area contributed by atoms with Gasteiger partial charge >= 0.3 is 0 Å². The van der Waals surface area contributed by atoms with E-state index in [1.807, 2.05) is 67.6 Å². The highest BCUT2D eigenvalue weighted by atomic mass is 16.3. The summed E-state index contributed by atoms with van der Waals surface area (Å²) in [5.74, 6) is 0. The van der Waals surface area contributed by atoms with E-state index in [0.717, 1.165) is 27.8 Å². The van der Waals surface area contributed by atoms with E-state index in [4.69, 9.17) is 4.42 Å². The molecule has 0 radical (unpaired) electrons. The highest BCUT2D eigenvalue weighted by molar-refractivity contribution is 6.03. The summed E-state index contributed by atoms with van der Waals surface area (Å²) >= 11 is 0. The van der Waals surface area contributed by atoms with Gasteiger partial charge in [0.1, 0.15) is 11.1 Å². The van der Waals surface area contributed by atoms with Crippen LogP contribution in [0.25, 0.3) is 27.8 Å². The number of fused-ring (bicyclic) bond motifs is 3. The minimum atomic E-state index is -0.0137. The van der Waals surface area contributed by atoms with Crippen LogP contribution >= 0.6 is 0 Å². The number of hydrogen-bond acceptors (Lipinski definition) is 2. The lowest BCUT2D eigenvalue weighted by atomic mass is 10.2. The third-order valence-corrected chi connectivity index (χ3v) is 3.72. The SMILES string of the molecule is Cc1cc2oc3ccccc3c2n(-c2ccccc2)c1=O. The molecule has 2 aromatic carbocycles. The number of para-hydroxylation sites is 2. The minimum Gasteiger partial charge on any atom is -0.454 e. The van der Waals surface area contributed by atoms with Crippen LogP contribution in [0.4, 0.5) is 0 Å². The largest absolute Gasteiger partial charge is 0.454 e. The Morgan fingerprint density at radius 2 is 1.62 bits per heavy atom. The van der Waals surface area contributed by atoms with Crippen LogP contribution < -0.4 is 5.56 Å². The minimum absolute atomic E-state index is 0.0137.